The first-order chi connectivity index (χ1) is 11.2. The quantitative estimate of drug-likeness (QED) is 0.771. The highest BCUT2D eigenvalue weighted by Crippen LogP contribution is 2.36. The first kappa shape index (κ1) is 16.3. The molecule has 23 heavy (non-hydrogen) atoms. The molecule has 0 radical (unpaired) electrons. The smallest absolute Gasteiger partial charge is 0.171 e. The summed E-state index contributed by atoms with van der Waals surface area (Å²) in [6.45, 7) is 2.12. The standard InChI is InChI=1S/C18H19FN2S2/c1-2-12-5-3-4-6-15(12)20-18(22)21-16-9-10-23-17-8-7-13(19)11-14(16)17/h3-8,11,16H,2,9-10H2,1H3,(H2,20,21,22)/t16-/m1/s1. The van der Waals surface area contributed by atoms with Crippen molar-refractivity contribution in [1.29, 1.82) is 0 Å². The van der Waals surface area contributed by atoms with Gasteiger partial charge in [0.05, 0.1) is 6.04 Å². The summed E-state index contributed by atoms with van der Waals surface area (Å²) in [5.41, 5.74) is 3.24. The maximum Gasteiger partial charge on any atom is 0.171 e. The van der Waals surface area contributed by atoms with Gasteiger partial charge in [0, 0.05) is 16.3 Å². The fraction of sp³-hybridized carbons (Fsp3) is 0.278. The molecule has 0 saturated carbocycles. The van der Waals surface area contributed by atoms with E-state index >= 15 is 0 Å². The average Bonchev–Trinajstić information content (AvgIpc) is 2.56. The second-order valence-corrected chi connectivity index (χ2v) is 7.03. The Kier molecular flexibility index (Phi) is 5.18. The Hall–Kier alpha value is -1.59. The van der Waals surface area contributed by atoms with E-state index in [-0.39, 0.29) is 11.9 Å². The fourth-order valence-corrected chi connectivity index (χ4v) is 4.14. The van der Waals surface area contributed by atoms with Gasteiger partial charge in [-0.05, 0) is 60.5 Å². The van der Waals surface area contributed by atoms with Crippen LogP contribution in [0.4, 0.5) is 10.1 Å². The number of fused-ring (bicyclic) bond motifs is 1. The molecule has 3 rings (SSSR count). The topological polar surface area (TPSA) is 24.1 Å². The van der Waals surface area contributed by atoms with Crippen LogP contribution >= 0.6 is 24.0 Å². The number of thioether (sulfide) groups is 1. The van der Waals surface area contributed by atoms with E-state index in [9.17, 15) is 4.39 Å². The summed E-state index contributed by atoms with van der Waals surface area (Å²) < 4.78 is 13.6. The lowest BCUT2D eigenvalue weighted by Gasteiger charge is -2.27. The number of nitrogens with one attached hydrogen (secondary N) is 2. The van der Waals surface area contributed by atoms with E-state index < -0.39 is 0 Å². The Morgan fingerprint density at radius 1 is 1.30 bits per heavy atom. The lowest BCUT2D eigenvalue weighted by atomic mass is 10.0. The number of hydrogen-bond acceptors (Lipinski definition) is 2. The number of benzene rings is 2. The van der Waals surface area contributed by atoms with Crippen molar-refractivity contribution in [1.82, 2.24) is 5.32 Å². The van der Waals surface area contributed by atoms with E-state index in [0.717, 1.165) is 34.7 Å². The van der Waals surface area contributed by atoms with Crippen LogP contribution in [-0.2, 0) is 6.42 Å². The number of thiocarbonyl (C=S) groups is 1. The lowest BCUT2D eigenvalue weighted by molar-refractivity contribution is 0.587. The SMILES string of the molecule is CCc1ccccc1NC(=S)N[C@@H]1CCSc2ccc(F)cc21. The monoisotopic (exact) mass is 346 g/mol. The number of anilines is 1. The molecule has 0 fully saturated rings. The van der Waals surface area contributed by atoms with Crippen LogP contribution in [0.1, 0.15) is 30.5 Å². The molecule has 2 aromatic rings. The Morgan fingerprint density at radius 3 is 2.96 bits per heavy atom. The first-order valence-corrected chi connectivity index (χ1v) is 9.14. The van der Waals surface area contributed by atoms with Crippen LogP contribution in [0, 0.1) is 5.82 Å². The molecule has 0 saturated heterocycles. The Labute approximate surface area is 145 Å². The molecule has 1 aliphatic heterocycles. The van der Waals surface area contributed by atoms with Crippen molar-refractivity contribution in [2.24, 2.45) is 0 Å². The summed E-state index contributed by atoms with van der Waals surface area (Å²) in [5.74, 6) is 0.804. The lowest BCUT2D eigenvalue weighted by Crippen LogP contribution is -2.34. The van der Waals surface area contributed by atoms with Gasteiger partial charge in [-0.15, -0.1) is 11.8 Å². The minimum Gasteiger partial charge on any atom is -0.356 e. The average molecular weight is 346 g/mol. The third-order valence-electron chi connectivity index (χ3n) is 3.96. The van der Waals surface area contributed by atoms with Gasteiger partial charge in [-0.1, -0.05) is 25.1 Å². The second-order valence-electron chi connectivity index (χ2n) is 5.48. The molecule has 0 aliphatic carbocycles. The molecule has 0 amide bonds. The van der Waals surface area contributed by atoms with Crippen molar-refractivity contribution in [2.45, 2.75) is 30.7 Å². The molecule has 0 bridgehead atoms. The highest BCUT2D eigenvalue weighted by molar-refractivity contribution is 7.99. The predicted molar refractivity (Wildman–Crippen MR) is 99.7 cm³/mol. The van der Waals surface area contributed by atoms with Gasteiger partial charge < -0.3 is 10.6 Å². The molecule has 120 valence electrons. The zero-order chi connectivity index (χ0) is 16.2. The van der Waals surface area contributed by atoms with Crippen molar-refractivity contribution in [2.75, 3.05) is 11.1 Å². The molecule has 0 spiro atoms. The first-order valence-electron chi connectivity index (χ1n) is 7.75. The zero-order valence-corrected chi connectivity index (χ0v) is 14.6. The predicted octanol–water partition coefficient (Wildman–Crippen LogP) is 4.91. The summed E-state index contributed by atoms with van der Waals surface area (Å²) >= 11 is 7.23. The normalized spacial score (nSPS) is 16.5. The molecule has 1 atom stereocenters. The molecular weight excluding hydrogens is 327 g/mol. The summed E-state index contributed by atoms with van der Waals surface area (Å²) in [4.78, 5) is 1.13. The van der Waals surface area contributed by atoms with Crippen LogP contribution in [0.25, 0.3) is 0 Å². The number of hydrogen-bond donors (Lipinski definition) is 2. The highest BCUT2D eigenvalue weighted by atomic mass is 32.2. The van der Waals surface area contributed by atoms with Crippen LogP contribution in [0.5, 0.6) is 0 Å². The summed E-state index contributed by atoms with van der Waals surface area (Å²) in [7, 11) is 0. The van der Waals surface area contributed by atoms with Crippen molar-refractivity contribution >= 4 is 34.8 Å². The van der Waals surface area contributed by atoms with Crippen LogP contribution < -0.4 is 10.6 Å². The Bertz CT molecular complexity index is 718. The van der Waals surface area contributed by atoms with E-state index in [1.807, 2.05) is 24.3 Å². The van der Waals surface area contributed by atoms with Gasteiger partial charge in [0.15, 0.2) is 5.11 Å². The maximum atomic E-state index is 13.6. The number of aryl methyl sites for hydroxylation is 1. The van der Waals surface area contributed by atoms with Crippen LogP contribution in [0.15, 0.2) is 47.4 Å². The highest BCUT2D eigenvalue weighted by Gasteiger charge is 2.22. The minimum atomic E-state index is -0.201. The van der Waals surface area contributed by atoms with Crippen LogP contribution in [0.2, 0.25) is 0 Å². The number of para-hydroxylation sites is 1. The maximum absolute atomic E-state index is 13.6. The van der Waals surface area contributed by atoms with Gasteiger partial charge in [-0.2, -0.15) is 0 Å². The van der Waals surface area contributed by atoms with E-state index in [1.165, 1.54) is 11.6 Å². The van der Waals surface area contributed by atoms with E-state index in [1.54, 1.807) is 17.8 Å². The molecule has 2 aromatic carbocycles. The fourth-order valence-electron chi connectivity index (χ4n) is 2.78. The largest absolute Gasteiger partial charge is 0.356 e. The Morgan fingerprint density at radius 2 is 2.13 bits per heavy atom. The Balaban J connectivity index is 1.73. The van der Waals surface area contributed by atoms with Gasteiger partial charge in [0.2, 0.25) is 0 Å². The van der Waals surface area contributed by atoms with E-state index in [0.29, 0.717) is 5.11 Å². The van der Waals surface area contributed by atoms with Crippen molar-refractivity contribution in [3.05, 3.63) is 59.4 Å². The van der Waals surface area contributed by atoms with E-state index in [2.05, 4.69) is 23.6 Å². The number of rotatable bonds is 3. The molecule has 1 aliphatic rings. The second kappa shape index (κ2) is 7.32. The zero-order valence-electron chi connectivity index (χ0n) is 12.9. The van der Waals surface area contributed by atoms with Crippen LogP contribution in [0.3, 0.4) is 0 Å². The molecular formula is C18H19FN2S2. The number of halogens is 1. The van der Waals surface area contributed by atoms with Crippen molar-refractivity contribution in [3.8, 4) is 0 Å². The molecule has 1 heterocycles. The molecule has 0 unspecified atom stereocenters. The van der Waals surface area contributed by atoms with E-state index in [4.69, 9.17) is 12.2 Å². The van der Waals surface area contributed by atoms with Gasteiger partial charge in [-0.3, -0.25) is 0 Å². The third-order valence-corrected chi connectivity index (χ3v) is 5.31. The van der Waals surface area contributed by atoms with Crippen LogP contribution in [-0.4, -0.2) is 10.9 Å². The third kappa shape index (κ3) is 3.85. The summed E-state index contributed by atoms with van der Waals surface area (Å²) in [6.07, 6.45) is 1.87. The molecule has 5 heteroatoms. The summed E-state index contributed by atoms with van der Waals surface area (Å²) in [5, 5.41) is 7.20. The molecule has 2 N–H and O–H groups in total. The van der Waals surface area contributed by atoms with Gasteiger partial charge >= 0.3 is 0 Å². The van der Waals surface area contributed by atoms with Gasteiger partial charge in [-0.25, -0.2) is 4.39 Å². The molecule has 2 nitrogen and oxygen atoms in total. The molecule has 0 aromatic heterocycles. The summed E-state index contributed by atoms with van der Waals surface area (Å²) in [6, 6.07) is 13.2. The minimum absolute atomic E-state index is 0.0516. The van der Waals surface area contributed by atoms with Crippen molar-refractivity contribution in [3.63, 3.8) is 0 Å². The van der Waals surface area contributed by atoms with Gasteiger partial charge in [0.1, 0.15) is 5.82 Å². The van der Waals surface area contributed by atoms with Crippen molar-refractivity contribution < 1.29 is 4.39 Å². The van der Waals surface area contributed by atoms with Gasteiger partial charge in [0.25, 0.3) is 0 Å².